The van der Waals surface area contributed by atoms with Gasteiger partial charge in [-0.2, -0.15) is 0 Å². The zero-order chi connectivity index (χ0) is 13.0. The molecule has 0 spiro atoms. The van der Waals surface area contributed by atoms with E-state index in [2.05, 4.69) is 35.6 Å². The summed E-state index contributed by atoms with van der Waals surface area (Å²) in [6.45, 7) is 5.51. The zero-order valence-corrected chi connectivity index (χ0v) is 11.5. The molecule has 0 aliphatic carbocycles. The van der Waals surface area contributed by atoms with E-state index in [0.29, 0.717) is 12.4 Å². The molecule has 1 N–H and O–H groups in total. The molecular weight excluding hydrogens is 246 g/mol. The third-order valence-electron chi connectivity index (χ3n) is 2.76. The first-order chi connectivity index (χ1) is 8.72. The van der Waals surface area contributed by atoms with Gasteiger partial charge in [0.1, 0.15) is 0 Å². The summed E-state index contributed by atoms with van der Waals surface area (Å²) in [6, 6.07) is 2.08. The largest absolute Gasteiger partial charge is 0.361 e. The summed E-state index contributed by atoms with van der Waals surface area (Å²) < 4.78 is 1.69. The van der Waals surface area contributed by atoms with Gasteiger partial charge < -0.3 is 9.88 Å². The summed E-state index contributed by atoms with van der Waals surface area (Å²) in [5.74, 6) is 0.429. The third kappa shape index (κ3) is 2.79. The monoisotopic (exact) mass is 263 g/mol. The van der Waals surface area contributed by atoms with Crippen molar-refractivity contribution in [3.8, 4) is 0 Å². The molecule has 0 bridgehead atoms. The van der Waals surface area contributed by atoms with E-state index in [0.717, 1.165) is 13.0 Å². The van der Waals surface area contributed by atoms with Crippen LogP contribution in [0.1, 0.15) is 23.8 Å². The van der Waals surface area contributed by atoms with Gasteiger partial charge in [-0.05, 0) is 30.4 Å². The van der Waals surface area contributed by atoms with Crippen LogP contribution in [-0.2, 0) is 13.1 Å². The number of nitrogens with zero attached hydrogens (tertiary/aromatic N) is 2. The number of rotatable bonds is 5. The van der Waals surface area contributed by atoms with Crippen LogP contribution in [0, 0.1) is 6.92 Å². The van der Waals surface area contributed by atoms with Gasteiger partial charge in [-0.3, -0.25) is 4.79 Å². The van der Waals surface area contributed by atoms with Crippen LogP contribution in [0.15, 0.2) is 28.6 Å². The lowest BCUT2D eigenvalue weighted by molar-refractivity contribution is 0.649. The molecule has 0 atom stereocenters. The fraction of sp³-hybridized carbons (Fsp3) is 0.385. The average molecular weight is 263 g/mol. The molecule has 4 nitrogen and oxygen atoms in total. The lowest BCUT2D eigenvalue weighted by Crippen LogP contribution is -2.24. The standard InChI is InChI=1S/C13H17N3OS/c1-3-6-16-7-5-14-12(13(16)17)15-9-11-10(2)4-8-18-11/h4-5,7-8H,3,6,9H2,1-2H3,(H,14,15). The van der Waals surface area contributed by atoms with Gasteiger partial charge in [0.15, 0.2) is 5.82 Å². The second-order valence-corrected chi connectivity index (χ2v) is 5.16. The van der Waals surface area contributed by atoms with Crippen LogP contribution < -0.4 is 10.9 Å². The van der Waals surface area contributed by atoms with Crippen LogP contribution in [0.4, 0.5) is 5.82 Å². The smallest absolute Gasteiger partial charge is 0.293 e. The predicted molar refractivity (Wildman–Crippen MR) is 75.2 cm³/mol. The van der Waals surface area contributed by atoms with Crippen molar-refractivity contribution in [3.05, 3.63) is 44.6 Å². The molecule has 2 aromatic rings. The number of hydrogen-bond acceptors (Lipinski definition) is 4. The van der Waals surface area contributed by atoms with Gasteiger partial charge in [0.2, 0.25) is 0 Å². The summed E-state index contributed by atoms with van der Waals surface area (Å²) in [5.41, 5.74) is 1.20. The number of anilines is 1. The van der Waals surface area contributed by atoms with Crippen LogP contribution in [0.5, 0.6) is 0 Å². The Hall–Kier alpha value is -1.62. The summed E-state index contributed by atoms with van der Waals surface area (Å²) in [7, 11) is 0. The Balaban J connectivity index is 2.12. The summed E-state index contributed by atoms with van der Waals surface area (Å²) in [6.07, 6.45) is 4.33. The first kappa shape index (κ1) is 12.8. The predicted octanol–water partition coefficient (Wildman–Crippen LogP) is 2.64. The molecule has 0 radical (unpaired) electrons. The molecular formula is C13H17N3OS. The molecule has 5 heteroatoms. The minimum Gasteiger partial charge on any atom is -0.361 e. The van der Waals surface area contributed by atoms with E-state index in [1.54, 1.807) is 28.3 Å². The van der Waals surface area contributed by atoms with Gasteiger partial charge in [-0.25, -0.2) is 4.98 Å². The fourth-order valence-corrected chi connectivity index (χ4v) is 2.58. The maximum Gasteiger partial charge on any atom is 0.293 e. The van der Waals surface area contributed by atoms with E-state index in [9.17, 15) is 4.79 Å². The molecule has 2 rings (SSSR count). The van der Waals surface area contributed by atoms with Gasteiger partial charge in [0, 0.05) is 23.8 Å². The first-order valence-corrected chi connectivity index (χ1v) is 6.92. The molecule has 96 valence electrons. The minimum atomic E-state index is -0.0476. The molecule has 0 amide bonds. The molecule has 0 aromatic carbocycles. The minimum absolute atomic E-state index is 0.0476. The molecule has 2 aromatic heterocycles. The third-order valence-corrected chi connectivity index (χ3v) is 3.79. The molecule has 2 heterocycles. The van der Waals surface area contributed by atoms with E-state index >= 15 is 0 Å². The molecule has 0 saturated carbocycles. The maximum atomic E-state index is 12.0. The van der Waals surface area contributed by atoms with Crippen LogP contribution >= 0.6 is 11.3 Å². The van der Waals surface area contributed by atoms with Crippen molar-refractivity contribution in [2.75, 3.05) is 5.32 Å². The zero-order valence-electron chi connectivity index (χ0n) is 10.6. The Labute approximate surface area is 110 Å². The second-order valence-electron chi connectivity index (χ2n) is 4.15. The van der Waals surface area contributed by atoms with Crippen molar-refractivity contribution in [3.63, 3.8) is 0 Å². The summed E-state index contributed by atoms with van der Waals surface area (Å²) in [5, 5.41) is 5.18. The topological polar surface area (TPSA) is 46.9 Å². The number of aryl methyl sites for hydroxylation is 2. The normalized spacial score (nSPS) is 10.6. The number of thiophene rings is 1. The van der Waals surface area contributed by atoms with E-state index in [1.807, 2.05) is 0 Å². The lowest BCUT2D eigenvalue weighted by Gasteiger charge is -2.07. The highest BCUT2D eigenvalue weighted by Gasteiger charge is 2.05. The highest BCUT2D eigenvalue weighted by molar-refractivity contribution is 7.10. The van der Waals surface area contributed by atoms with Crippen LogP contribution in [0.2, 0.25) is 0 Å². The average Bonchev–Trinajstić information content (AvgIpc) is 2.76. The van der Waals surface area contributed by atoms with Crippen molar-refractivity contribution >= 4 is 17.2 Å². The molecule has 18 heavy (non-hydrogen) atoms. The van der Waals surface area contributed by atoms with Crippen LogP contribution in [0.25, 0.3) is 0 Å². The molecule has 0 saturated heterocycles. The second kappa shape index (κ2) is 5.82. The summed E-state index contributed by atoms with van der Waals surface area (Å²) in [4.78, 5) is 17.4. The summed E-state index contributed by atoms with van der Waals surface area (Å²) >= 11 is 1.69. The van der Waals surface area contributed by atoms with Gasteiger partial charge in [0.05, 0.1) is 6.54 Å². The quantitative estimate of drug-likeness (QED) is 0.902. The van der Waals surface area contributed by atoms with Gasteiger partial charge >= 0.3 is 0 Å². The van der Waals surface area contributed by atoms with E-state index < -0.39 is 0 Å². The van der Waals surface area contributed by atoms with Gasteiger partial charge in [-0.15, -0.1) is 11.3 Å². The van der Waals surface area contributed by atoms with Crippen molar-refractivity contribution < 1.29 is 0 Å². The van der Waals surface area contributed by atoms with Crippen LogP contribution in [-0.4, -0.2) is 9.55 Å². The number of hydrogen-bond donors (Lipinski definition) is 1. The molecule has 0 aliphatic rings. The Morgan fingerprint density at radius 3 is 3.00 bits per heavy atom. The van der Waals surface area contributed by atoms with Crippen LogP contribution in [0.3, 0.4) is 0 Å². The van der Waals surface area contributed by atoms with Crippen molar-refractivity contribution in [2.45, 2.75) is 33.4 Å². The van der Waals surface area contributed by atoms with E-state index in [4.69, 9.17) is 0 Å². The van der Waals surface area contributed by atoms with E-state index in [1.165, 1.54) is 10.4 Å². The fourth-order valence-electron chi connectivity index (χ4n) is 1.73. The highest BCUT2D eigenvalue weighted by Crippen LogP contribution is 2.16. The van der Waals surface area contributed by atoms with Gasteiger partial charge in [0.25, 0.3) is 5.56 Å². The number of aromatic nitrogens is 2. The lowest BCUT2D eigenvalue weighted by atomic mass is 10.3. The SMILES string of the molecule is CCCn1ccnc(NCc2sccc2C)c1=O. The van der Waals surface area contributed by atoms with Gasteiger partial charge in [-0.1, -0.05) is 6.92 Å². The first-order valence-electron chi connectivity index (χ1n) is 6.04. The molecule has 0 unspecified atom stereocenters. The Bertz CT molecular complexity index is 574. The van der Waals surface area contributed by atoms with E-state index in [-0.39, 0.29) is 5.56 Å². The van der Waals surface area contributed by atoms with Crippen molar-refractivity contribution in [2.24, 2.45) is 0 Å². The molecule has 0 aliphatic heterocycles. The Kier molecular flexibility index (Phi) is 4.15. The highest BCUT2D eigenvalue weighted by atomic mass is 32.1. The Morgan fingerprint density at radius 1 is 1.50 bits per heavy atom. The Morgan fingerprint density at radius 2 is 2.33 bits per heavy atom. The molecule has 0 fully saturated rings. The van der Waals surface area contributed by atoms with Crippen molar-refractivity contribution in [1.29, 1.82) is 0 Å². The van der Waals surface area contributed by atoms with Crippen molar-refractivity contribution in [1.82, 2.24) is 9.55 Å². The number of nitrogens with one attached hydrogen (secondary N) is 1. The maximum absolute atomic E-state index is 12.0.